The van der Waals surface area contributed by atoms with E-state index in [-0.39, 0.29) is 17.1 Å². The number of halogens is 6. The zero-order chi connectivity index (χ0) is 27.5. The minimum Gasteiger partial charge on any atom is -0.400 e. The quantitative estimate of drug-likeness (QED) is 0.150. The first-order valence-electron chi connectivity index (χ1n) is 12.1. The van der Waals surface area contributed by atoms with Crippen molar-refractivity contribution >= 4 is 11.8 Å². The minimum absolute atomic E-state index is 0.0951. The standard InChI is InChI=1S/C24H39F6N5S/c1-3-5-7-9-15(8-6-4-2)14-36-16-10-19(17(31)12-21(33)23(25,26)27)35-20(11-16)18(32)13-22(34)24(28,29)30/h10-13,15,19,21-22,35H,3-9,14,31-34H2,1-2H3/b17-12-,18-13-. The van der Waals surface area contributed by atoms with Gasteiger partial charge in [-0.2, -0.15) is 26.3 Å². The number of dihydropyridines is 1. The van der Waals surface area contributed by atoms with Crippen molar-refractivity contribution < 1.29 is 26.3 Å². The van der Waals surface area contributed by atoms with Gasteiger partial charge in [0.2, 0.25) is 0 Å². The van der Waals surface area contributed by atoms with Crippen molar-refractivity contribution in [3.8, 4) is 0 Å². The number of thioether (sulfide) groups is 1. The van der Waals surface area contributed by atoms with Crippen LogP contribution in [0.1, 0.15) is 58.8 Å². The van der Waals surface area contributed by atoms with Gasteiger partial charge >= 0.3 is 12.4 Å². The average Bonchev–Trinajstić information content (AvgIpc) is 2.78. The Morgan fingerprint density at radius 3 is 2.06 bits per heavy atom. The van der Waals surface area contributed by atoms with Gasteiger partial charge in [-0.3, -0.25) is 0 Å². The van der Waals surface area contributed by atoms with E-state index in [4.69, 9.17) is 22.9 Å². The highest BCUT2D eigenvalue weighted by Crippen LogP contribution is 2.31. The number of hydrogen-bond acceptors (Lipinski definition) is 6. The second kappa shape index (κ2) is 14.8. The van der Waals surface area contributed by atoms with Crippen LogP contribution < -0.4 is 28.3 Å². The lowest BCUT2D eigenvalue weighted by molar-refractivity contribution is -0.137. The Morgan fingerprint density at radius 1 is 0.944 bits per heavy atom. The lowest BCUT2D eigenvalue weighted by Gasteiger charge is -2.27. The predicted molar refractivity (Wildman–Crippen MR) is 135 cm³/mol. The molecule has 12 heteroatoms. The molecule has 36 heavy (non-hydrogen) atoms. The summed E-state index contributed by atoms with van der Waals surface area (Å²) in [6.07, 6.45) is 2.72. The fourth-order valence-electron chi connectivity index (χ4n) is 3.53. The summed E-state index contributed by atoms with van der Waals surface area (Å²) in [6, 6.07) is -5.53. The third-order valence-corrected chi connectivity index (χ3v) is 6.98. The molecule has 0 saturated carbocycles. The molecule has 1 aliphatic heterocycles. The maximum atomic E-state index is 12.9. The van der Waals surface area contributed by atoms with E-state index in [0.717, 1.165) is 50.7 Å². The van der Waals surface area contributed by atoms with Crippen molar-refractivity contribution in [2.45, 2.75) is 89.3 Å². The molecule has 0 aliphatic carbocycles. The van der Waals surface area contributed by atoms with Gasteiger partial charge in [-0.05, 0) is 43.1 Å². The van der Waals surface area contributed by atoms with Crippen LogP contribution in [0.15, 0.2) is 46.3 Å². The number of nitrogens with one attached hydrogen (secondary N) is 1. The largest absolute Gasteiger partial charge is 0.407 e. The Hall–Kier alpha value is -1.79. The van der Waals surface area contributed by atoms with Gasteiger partial charge in [-0.1, -0.05) is 46.0 Å². The summed E-state index contributed by atoms with van der Waals surface area (Å²) >= 11 is 1.48. The van der Waals surface area contributed by atoms with Crippen molar-refractivity contribution in [1.29, 1.82) is 0 Å². The molecule has 0 fully saturated rings. The molecule has 5 nitrogen and oxygen atoms in total. The Bertz CT molecular complexity index is 804. The number of rotatable bonds is 14. The van der Waals surface area contributed by atoms with Crippen LogP contribution in [0, 0.1) is 5.92 Å². The fourth-order valence-corrected chi connectivity index (χ4v) is 4.72. The molecule has 1 aliphatic rings. The zero-order valence-corrected chi connectivity index (χ0v) is 21.6. The van der Waals surface area contributed by atoms with E-state index in [1.165, 1.54) is 11.8 Å². The van der Waals surface area contributed by atoms with Gasteiger partial charge in [0, 0.05) is 16.4 Å². The summed E-state index contributed by atoms with van der Waals surface area (Å²) in [5, 5.41) is 2.80. The number of allylic oxidation sites excluding steroid dienone is 1. The minimum atomic E-state index is -4.70. The summed E-state index contributed by atoms with van der Waals surface area (Å²) in [5.41, 5.74) is 21.7. The molecule has 4 atom stereocenters. The third-order valence-electron chi connectivity index (χ3n) is 5.75. The normalized spacial score (nSPS) is 20.3. The van der Waals surface area contributed by atoms with Crippen LogP contribution in [-0.2, 0) is 0 Å². The first-order chi connectivity index (χ1) is 16.7. The van der Waals surface area contributed by atoms with Crippen LogP contribution in [0.2, 0.25) is 0 Å². The average molecular weight is 544 g/mol. The summed E-state index contributed by atoms with van der Waals surface area (Å²) in [6.45, 7) is 4.25. The van der Waals surface area contributed by atoms with Crippen molar-refractivity contribution in [3.05, 3.63) is 46.3 Å². The highest BCUT2D eigenvalue weighted by molar-refractivity contribution is 8.03. The molecule has 0 aromatic carbocycles. The maximum Gasteiger partial charge on any atom is 0.407 e. The third kappa shape index (κ3) is 11.5. The summed E-state index contributed by atoms with van der Waals surface area (Å²) in [7, 11) is 0. The van der Waals surface area contributed by atoms with Crippen molar-refractivity contribution in [2.75, 3.05) is 5.75 Å². The van der Waals surface area contributed by atoms with Crippen LogP contribution in [0.4, 0.5) is 26.3 Å². The highest BCUT2D eigenvalue weighted by atomic mass is 32.2. The molecular formula is C24H39F6N5S. The Balaban J connectivity index is 3.20. The molecule has 208 valence electrons. The smallest absolute Gasteiger partial charge is 0.400 e. The molecular weight excluding hydrogens is 504 g/mol. The number of hydrogen-bond donors (Lipinski definition) is 5. The molecule has 0 bridgehead atoms. The van der Waals surface area contributed by atoms with Gasteiger partial charge in [0.25, 0.3) is 0 Å². The van der Waals surface area contributed by atoms with Crippen LogP contribution in [0.5, 0.6) is 0 Å². The van der Waals surface area contributed by atoms with E-state index in [9.17, 15) is 26.3 Å². The molecule has 1 rings (SSSR count). The summed E-state index contributed by atoms with van der Waals surface area (Å²) in [5.74, 6) is 1.19. The lowest BCUT2D eigenvalue weighted by Crippen LogP contribution is -2.41. The van der Waals surface area contributed by atoms with Gasteiger partial charge in [-0.15, -0.1) is 11.8 Å². The zero-order valence-electron chi connectivity index (χ0n) is 20.8. The topological polar surface area (TPSA) is 116 Å². The Morgan fingerprint density at radius 2 is 1.50 bits per heavy atom. The first-order valence-corrected chi connectivity index (χ1v) is 13.1. The van der Waals surface area contributed by atoms with E-state index in [0.29, 0.717) is 23.0 Å². The molecule has 0 amide bonds. The molecule has 9 N–H and O–H groups in total. The predicted octanol–water partition coefficient (Wildman–Crippen LogP) is 5.31. The van der Waals surface area contributed by atoms with Gasteiger partial charge in [-0.25, -0.2) is 0 Å². The molecule has 0 aromatic heterocycles. The molecule has 1 heterocycles. The van der Waals surface area contributed by atoms with Crippen LogP contribution in [0.3, 0.4) is 0 Å². The Labute approximate surface area is 213 Å². The van der Waals surface area contributed by atoms with Crippen LogP contribution in [0.25, 0.3) is 0 Å². The number of nitrogens with two attached hydrogens (primary N) is 4. The maximum absolute atomic E-state index is 12.9. The monoisotopic (exact) mass is 543 g/mol. The second-order valence-corrected chi connectivity index (χ2v) is 10.1. The van der Waals surface area contributed by atoms with Crippen LogP contribution >= 0.6 is 11.8 Å². The SMILES string of the molecule is CCCCCC(CCCC)CSC1=CC(/C(N)=C/C(N)C(F)(F)F)NC(/C(N)=C/C(N)C(F)(F)F)=C1. The van der Waals surface area contributed by atoms with Gasteiger partial charge in [0.15, 0.2) is 0 Å². The molecule has 0 aromatic rings. The first kappa shape index (κ1) is 32.2. The Kier molecular flexibility index (Phi) is 13.3. The fraction of sp³-hybridized carbons (Fsp3) is 0.667. The van der Waals surface area contributed by atoms with E-state index in [1.54, 1.807) is 12.2 Å². The second-order valence-electron chi connectivity index (χ2n) is 8.99. The van der Waals surface area contributed by atoms with Gasteiger partial charge < -0.3 is 28.3 Å². The molecule has 4 unspecified atom stereocenters. The molecule has 0 spiro atoms. The molecule has 0 saturated heterocycles. The van der Waals surface area contributed by atoms with Crippen molar-refractivity contribution in [1.82, 2.24) is 5.32 Å². The molecule has 0 radical (unpaired) electrons. The van der Waals surface area contributed by atoms with Crippen molar-refractivity contribution in [3.63, 3.8) is 0 Å². The van der Waals surface area contributed by atoms with E-state index >= 15 is 0 Å². The van der Waals surface area contributed by atoms with Crippen molar-refractivity contribution in [2.24, 2.45) is 28.9 Å². The van der Waals surface area contributed by atoms with Crippen LogP contribution in [-0.4, -0.2) is 36.2 Å². The van der Waals surface area contributed by atoms with Gasteiger partial charge in [0.1, 0.15) is 12.1 Å². The summed E-state index contributed by atoms with van der Waals surface area (Å²) < 4.78 is 77.5. The summed E-state index contributed by atoms with van der Waals surface area (Å²) in [4.78, 5) is 0.639. The van der Waals surface area contributed by atoms with E-state index in [2.05, 4.69) is 19.2 Å². The lowest BCUT2D eigenvalue weighted by atomic mass is 9.97. The van der Waals surface area contributed by atoms with Gasteiger partial charge in [0.05, 0.1) is 17.4 Å². The van der Waals surface area contributed by atoms with E-state index < -0.39 is 30.5 Å². The number of alkyl halides is 6. The highest BCUT2D eigenvalue weighted by Gasteiger charge is 2.37. The van der Waals surface area contributed by atoms with E-state index in [1.807, 2.05) is 0 Å². The number of unbranched alkanes of at least 4 members (excludes halogenated alkanes) is 3.